The molecule has 0 bridgehead atoms. The molecule has 0 saturated heterocycles. The van der Waals surface area contributed by atoms with Crippen LogP contribution in [0.3, 0.4) is 0 Å². The molecule has 0 saturated carbocycles. The standard InChI is InChI=1S/C26H22F2O3S2/c1-2-20-18-24(27)26(25(28)19-20)33(29,30,31)32(21-12-6-3-7-13-21,22-14-8-4-9-15-22)23-16-10-5-11-17-23/h2-19H,1H2,(H2,29,30,31). The first-order chi connectivity index (χ1) is 15.7. The van der Waals surface area contributed by atoms with Gasteiger partial charge in [0.1, 0.15) is 16.5 Å². The van der Waals surface area contributed by atoms with Crippen LogP contribution in [-0.4, -0.2) is 13.3 Å². The average Bonchev–Trinajstić information content (AvgIpc) is 2.80. The lowest BCUT2D eigenvalue weighted by molar-refractivity contribution is 0.395. The molecule has 0 heterocycles. The zero-order chi connectivity index (χ0) is 23.7. The molecule has 0 aliphatic heterocycles. The van der Waals surface area contributed by atoms with Gasteiger partial charge in [0.05, 0.1) is 0 Å². The Hall–Kier alpha value is -3.10. The van der Waals surface area contributed by atoms with Crippen LogP contribution in [0.5, 0.6) is 0 Å². The summed E-state index contributed by atoms with van der Waals surface area (Å²) in [6.45, 7) is 3.49. The van der Waals surface area contributed by atoms with Gasteiger partial charge in [-0.1, -0.05) is 76.3 Å². The molecule has 0 radical (unpaired) electrons. The minimum Gasteiger partial charge on any atom is -0.297 e. The first-order valence-corrected chi connectivity index (χ1v) is 14.0. The SMILES string of the molecule is C=Cc1cc(F)c(S(=O)(O)(O)S(c2ccccc2)(c2ccccc2)c2ccccc2)c(F)c1. The molecule has 0 aromatic heterocycles. The smallest absolute Gasteiger partial charge is 0.157 e. The molecular weight excluding hydrogens is 462 g/mol. The van der Waals surface area contributed by atoms with E-state index in [0.717, 1.165) is 12.1 Å². The molecule has 2 N–H and O–H groups in total. The van der Waals surface area contributed by atoms with Crippen LogP contribution in [0.25, 0.3) is 6.08 Å². The Morgan fingerprint density at radius 2 is 1.03 bits per heavy atom. The molecular formula is C26H22F2O3S2. The number of benzene rings is 4. The summed E-state index contributed by atoms with van der Waals surface area (Å²) in [5.74, 6) is -2.65. The molecule has 4 aromatic rings. The molecule has 7 heteroatoms. The van der Waals surface area contributed by atoms with Crippen molar-refractivity contribution in [3.05, 3.63) is 127 Å². The van der Waals surface area contributed by atoms with E-state index in [1.807, 2.05) is 0 Å². The zero-order valence-corrected chi connectivity index (χ0v) is 19.1. The van der Waals surface area contributed by atoms with Gasteiger partial charge in [-0.2, -0.15) is 0 Å². The van der Waals surface area contributed by atoms with Gasteiger partial charge in [-0.15, -0.1) is 0 Å². The van der Waals surface area contributed by atoms with Crippen molar-refractivity contribution >= 4 is 23.8 Å². The zero-order valence-electron chi connectivity index (χ0n) is 17.5. The normalized spacial score (nSPS) is 13.6. The summed E-state index contributed by atoms with van der Waals surface area (Å²) in [7, 11) is -9.90. The highest BCUT2D eigenvalue weighted by molar-refractivity contribution is 8.97. The molecule has 33 heavy (non-hydrogen) atoms. The second-order valence-electron chi connectivity index (χ2n) is 7.31. The van der Waals surface area contributed by atoms with E-state index in [9.17, 15) is 13.3 Å². The minimum atomic E-state index is -6.33. The van der Waals surface area contributed by atoms with Crippen molar-refractivity contribution in [2.24, 2.45) is 0 Å². The highest BCUT2D eigenvalue weighted by Crippen LogP contribution is 2.81. The Kier molecular flexibility index (Phi) is 5.84. The van der Waals surface area contributed by atoms with Gasteiger partial charge < -0.3 is 0 Å². The lowest BCUT2D eigenvalue weighted by Crippen LogP contribution is -2.40. The van der Waals surface area contributed by atoms with Gasteiger partial charge in [0.25, 0.3) is 0 Å². The molecule has 0 unspecified atom stereocenters. The molecule has 3 nitrogen and oxygen atoms in total. The molecule has 0 aliphatic rings. The van der Waals surface area contributed by atoms with E-state index in [1.165, 1.54) is 6.08 Å². The second kappa shape index (κ2) is 8.35. The number of hydrogen-bond acceptors (Lipinski definition) is 1. The summed E-state index contributed by atoms with van der Waals surface area (Å²) in [5, 5.41) is 0. The van der Waals surface area contributed by atoms with Gasteiger partial charge in [0, 0.05) is 14.7 Å². The highest BCUT2D eigenvalue weighted by atomic mass is 33.2. The van der Waals surface area contributed by atoms with Gasteiger partial charge in [-0.05, 0) is 54.1 Å². The van der Waals surface area contributed by atoms with Crippen LogP contribution < -0.4 is 0 Å². The molecule has 0 aliphatic carbocycles. The van der Waals surface area contributed by atoms with Crippen LogP contribution >= 0.6 is 9.06 Å². The number of halogens is 2. The topological polar surface area (TPSA) is 57.5 Å². The minimum absolute atomic E-state index is 0.0802. The van der Waals surface area contributed by atoms with Crippen LogP contribution in [0.4, 0.5) is 8.78 Å². The van der Waals surface area contributed by atoms with Gasteiger partial charge in [-0.3, -0.25) is 9.11 Å². The fraction of sp³-hybridized carbons (Fsp3) is 0. The molecule has 0 atom stereocenters. The van der Waals surface area contributed by atoms with Gasteiger partial charge in [0.2, 0.25) is 0 Å². The third kappa shape index (κ3) is 3.54. The van der Waals surface area contributed by atoms with Gasteiger partial charge >= 0.3 is 0 Å². The Labute approximate surface area is 192 Å². The first kappa shape index (κ1) is 23.1. The van der Waals surface area contributed by atoms with Crippen molar-refractivity contribution < 1.29 is 22.1 Å². The van der Waals surface area contributed by atoms with Crippen molar-refractivity contribution in [2.75, 3.05) is 0 Å². The van der Waals surface area contributed by atoms with E-state index >= 15 is 8.78 Å². The van der Waals surface area contributed by atoms with Gasteiger partial charge in [-0.25, -0.2) is 13.0 Å². The summed E-state index contributed by atoms with van der Waals surface area (Å²) in [5.41, 5.74) is 0.0802. The van der Waals surface area contributed by atoms with Crippen molar-refractivity contribution in [2.45, 2.75) is 19.6 Å². The molecule has 0 amide bonds. The maximum Gasteiger partial charge on any atom is 0.157 e. The Bertz CT molecular complexity index is 1250. The maximum atomic E-state index is 15.3. The Morgan fingerprint density at radius 1 is 0.697 bits per heavy atom. The van der Waals surface area contributed by atoms with Crippen LogP contribution in [0.1, 0.15) is 5.56 Å². The van der Waals surface area contributed by atoms with E-state index in [-0.39, 0.29) is 20.2 Å². The van der Waals surface area contributed by atoms with E-state index in [0.29, 0.717) is 0 Å². The fourth-order valence-corrected chi connectivity index (χ4v) is 13.8. The highest BCUT2D eigenvalue weighted by Gasteiger charge is 2.57. The number of rotatable bonds is 6. The summed E-state index contributed by atoms with van der Waals surface area (Å²) in [6, 6.07) is 26.4. The maximum absolute atomic E-state index is 15.3. The van der Waals surface area contributed by atoms with Crippen molar-refractivity contribution in [3.63, 3.8) is 0 Å². The molecule has 4 rings (SSSR count). The van der Waals surface area contributed by atoms with Crippen LogP contribution in [0.2, 0.25) is 0 Å². The molecule has 0 fully saturated rings. The van der Waals surface area contributed by atoms with Crippen LogP contribution in [0, 0.1) is 11.6 Å². The Balaban J connectivity index is 2.26. The predicted octanol–water partition coefficient (Wildman–Crippen LogP) is 7.63. The van der Waals surface area contributed by atoms with Crippen molar-refractivity contribution in [3.8, 4) is 0 Å². The van der Waals surface area contributed by atoms with E-state index in [2.05, 4.69) is 6.58 Å². The third-order valence-electron chi connectivity index (χ3n) is 5.28. The van der Waals surface area contributed by atoms with Crippen LogP contribution in [0.15, 0.2) is 129 Å². The second-order valence-corrected chi connectivity index (χ2v) is 15.1. The van der Waals surface area contributed by atoms with Crippen molar-refractivity contribution in [1.82, 2.24) is 0 Å². The molecule has 4 aromatic carbocycles. The predicted molar refractivity (Wildman–Crippen MR) is 130 cm³/mol. The lowest BCUT2D eigenvalue weighted by atomic mass is 10.2. The average molecular weight is 485 g/mol. The van der Waals surface area contributed by atoms with E-state index < -0.39 is 34.2 Å². The quantitative estimate of drug-likeness (QED) is 0.277. The van der Waals surface area contributed by atoms with Crippen LogP contribution in [-0.2, 0) is 8.66 Å². The molecule has 170 valence electrons. The first-order valence-electron chi connectivity index (χ1n) is 9.98. The van der Waals surface area contributed by atoms with E-state index in [1.54, 1.807) is 91.0 Å². The summed E-state index contributed by atoms with van der Waals surface area (Å²) in [4.78, 5) is -0.438. The number of hydrogen-bond donors (Lipinski definition) is 2. The lowest BCUT2D eigenvalue weighted by Gasteiger charge is -2.54. The Morgan fingerprint density at radius 3 is 1.33 bits per heavy atom. The fourth-order valence-electron chi connectivity index (χ4n) is 3.92. The third-order valence-corrected chi connectivity index (χ3v) is 15.0. The van der Waals surface area contributed by atoms with E-state index in [4.69, 9.17) is 0 Å². The summed E-state index contributed by atoms with van der Waals surface area (Å²) >= 11 is 0. The summed E-state index contributed by atoms with van der Waals surface area (Å²) in [6.07, 6.45) is 1.22. The van der Waals surface area contributed by atoms with Gasteiger partial charge in [0.15, 0.2) is 8.66 Å². The monoisotopic (exact) mass is 484 g/mol. The summed E-state index contributed by atoms with van der Waals surface area (Å²) < 4.78 is 69.2. The van der Waals surface area contributed by atoms with Crippen molar-refractivity contribution in [1.29, 1.82) is 0 Å². The largest absolute Gasteiger partial charge is 0.297 e. The molecule has 0 spiro atoms.